The van der Waals surface area contributed by atoms with Gasteiger partial charge in [-0.3, -0.25) is 9.69 Å². The zero-order chi connectivity index (χ0) is 18.3. The van der Waals surface area contributed by atoms with E-state index in [0.29, 0.717) is 26.1 Å². The van der Waals surface area contributed by atoms with Gasteiger partial charge in [0.15, 0.2) is 0 Å². The van der Waals surface area contributed by atoms with Crippen molar-refractivity contribution in [3.8, 4) is 0 Å². The molecule has 1 fully saturated rings. The maximum Gasteiger partial charge on any atom is 0.446 e. The van der Waals surface area contributed by atoms with Gasteiger partial charge in [0.2, 0.25) is 5.91 Å². The summed E-state index contributed by atoms with van der Waals surface area (Å²) in [5.41, 5.74) is 2.09. The Kier molecular flexibility index (Phi) is 7.58. The smallest absolute Gasteiger partial charge is 0.354 e. The number of nitrogens with two attached hydrogens (primary N) is 1. The lowest BCUT2D eigenvalue weighted by Crippen LogP contribution is -2.46. The minimum Gasteiger partial charge on any atom is -0.354 e. The first-order valence-electron chi connectivity index (χ1n) is 8.43. The van der Waals surface area contributed by atoms with E-state index in [2.05, 4.69) is 10.2 Å². The number of amides is 1. The third-order valence-corrected chi connectivity index (χ3v) is 4.94. The van der Waals surface area contributed by atoms with Crippen LogP contribution >= 0.6 is 11.8 Å². The Morgan fingerprint density at radius 3 is 2.64 bits per heavy atom. The van der Waals surface area contributed by atoms with E-state index in [-0.39, 0.29) is 28.6 Å². The normalized spacial score (nSPS) is 19.0. The second-order valence-corrected chi connectivity index (χ2v) is 7.29. The molecule has 1 aromatic rings. The molecule has 0 spiro atoms. The summed E-state index contributed by atoms with van der Waals surface area (Å²) in [7, 11) is 0. The average Bonchev–Trinajstić information content (AvgIpc) is 2.55. The van der Waals surface area contributed by atoms with Crippen molar-refractivity contribution < 1.29 is 18.0 Å². The molecule has 4 nitrogen and oxygen atoms in total. The van der Waals surface area contributed by atoms with Crippen molar-refractivity contribution in [1.82, 2.24) is 10.2 Å². The largest absolute Gasteiger partial charge is 0.446 e. The van der Waals surface area contributed by atoms with E-state index in [9.17, 15) is 18.0 Å². The fourth-order valence-corrected chi connectivity index (χ4v) is 3.52. The number of hydrogen-bond donors (Lipinski definition) is 2. The van der Waals surface area contributed by atoms with Gasteiger partial charge in [-0.1, -0.05) is 18.6 Å². The molecule has 1 atom stereocenters. The van der Waals surface area contributed by atoms with Crippen molar-refractivity contribution in [3.63, 3.8) is 0 Å². The van der Waals surface area contributed by atoms with Crippen LogP contribution in [0.5, 0.6) is 0 Å². The number of thioether (sulfide) groups is 1. The number of alkyl halides is 3. The summed E-state index contributed by atoms with van der Waals surface area (Å²) in [4.78, 5) is 14.1. The van der Waals surface area contributed by atoms with Crippen LogP contribution in [0.3, 0.4) is 0 Å². The lowest BCUT2D eigenvalue weighted by molar-refractivity contribution is -0.121. The molecule has 0 aliphatic carbocycles. The molecule has 0 radical (unpaired) electrons. The van der Waals surface area contributed by atoms with Crippen LogP contribution in [0.15, 0.2) is 29.2 Å². The number of benzene rings is 1. The molecular weight excluding hydrogens is 351 g/mol. The fourth-order valence-electron chi connectivity index (χ4n) is 2.98. The molecule has 140 valence electrons. The predicted molar refractivity (Wildman–Crippen MR) is 93.1 cm³/mol. The lowest BCUT2D eigenvalue weighted by Gasteiger charge is -2.36. The van der Waals surface area contributed by atoms with Crippen LogP contribution in [0.2, 0.25) is 0 Å². The molecule has 0 saturated carbocycles. The van der Waals surface area contributed by atoms with E-state index in [1.54, 1.807) is 12.1 Å². The third-order valence-electron chi connectivity index (χ3n) is 4.20. The lowest BCUT2D eigenvalue weighted by atomic mass is 10.0. The molecule has 25 heavy (non-hydrogen) atoms. The van der Waals surface area contributed by atoms with Crippen LogP contribution in [0.1, 0.15) is 31.2 Å². The Bertz CT molecular complexity index is 551. The van der Waals surface area contributed by atoms with Crippen molar-refractivity contribution in [2.24, 2.45) is 5.73 Å². The minimum absolute atomic E-state index is 0.0402. The number of rotatable bonds is 7. The highest BCUT2D eigenvalue weighted by Crippen LogP contribution is 2.36. The topological polar surface area (TPSA) is 58.4 Å². The van der Waals surface area contributed by atoms with Gasteiger partial charge in [-0.2, -0.15) is 13.2 Å². The summed E-state index contributed by atoms with van der Waals surface area (Å²) in [6, 6.07) is 6.75. The monoisotopic (exact) mass is 375 g/mol. The maximum atomic E-state index is 12.4. The molecular formula is C17H24F3N3OS. The van der Waals surface area contributed by atoms with Gasteiger partial charge in [0.1, 0.15) is 0 Å². The van der Waals surface area contributed by atoms with Gasteiger partial charge in [0, 0.05) is 37.0 Å². The van der Waals surface area contributed by atoms with Crippen molar-refractivity contribution in [3.05, 3.63) is 29.8 Å². The van der Waals surface area contributed by atoms with E-state index in [1.165, 1.54) is 12.1 Å². The number of piperidine rings is 1. The number of nitrogens with zero attached hydrogens (tertiary/aromatic N) is 1. The summed E-state index contributed by atoms with van der Waals surface area (Å²) in [5.74, 6) is -0.0402. The Hall–Kier alpha value is -1.25. The van der Waals surface area contributed by atoms with Crippen LogP contribution in [0, 0.1) is 0 Å². The van der Waals surface area contributed by atoms with E-state index >= 15 is 0 Å². The average molecular weight is 375 g/mol. The summed E-state index contributed by atoms with van der Waals surface area (Å²) in [6.45, 7) is 2.52. The zero-order valence-electron chi connectivity index (χ0n) is 14.0. The highest BCUT2D eigenvalue weighted by Gasteiger charge is 2.29. The van der Waals surface area contributed by atoms with Crippen molar-refractivity contribution in [2.45, 2.75) is 48.7 Å². The second kappa shape index (κ2) is 9.45. The molecule has 8 heteroatoms. The highest BCUT2D eigenvalue weighted by molar-refractivity contribution is 8.00. The maximum absolute atomic E-state index is 12.4. The van der Waals surface area contributed by atoms with Crippen molar-refractivity contribution >= 4 is 17.7 Å². The number of likely N-dealkylation sites (tertiary alicyclic amines) is 1. The van der Waals surface area contributed by atoms with Gasteiger partial charge in [0.25, 0.3) is 0 Å². The molecule has 1 heterocycles. The molecule has 0 aromatic heterocycles. The number of hydrogen-bond acceptors (Lipinski definition) is 4. The van der Waals surface area contributed by atoms with Crippen LogP contribution < -0.4 is 11.1 Å². The molecule has 0 bridgehead atoms. The van der Waals surface area contributed by atoms with Crippen LogP contribution in [0.25, 0.3) is 0 Å². The van der Waals surface area contributed by atoms with E-state index in [0.717, 1.165) is 31.4 Å². The number of carbonyl (C=O) groups excluding carboxylic acids is 1. The Balaban J connectivity index is 1.90. The van der Waals surface area contributed by atoms with Gasteiger partial charge in [-0.05, 0) is 48.8 Å². The third kappa shape index (κ3) is 7.25. The summed E-state index contributed by atoms with van der Waals surface area (Å²) >= 11 is -0.0993. The number of halogens is 3. The van der Waals surface area contributed by atoms with Crippen LogP contribution in [-0.2, 0) is 11.3 Å². The molecule has 1 aromatic carbocycles. The molecule has 1 aliphatic rings. The fraction of sp³-hybridized carbons (Fsp3) is 0.588. The molecule has 1 aliphatic heterocycles. The molecule has 2 rings (SSSR count). The Morgan fingerprint density at radius 2 is 2.00 bits per heavy atom. The molecule has 1 saturated heterocycles. The van der Waals surface area contributed by atoms with E-state index in [1.807, 2.05) is 0 Å². The van der Waals surface area contributed by atoms with Crippen LogP contribution in [-0.4, -0.2) is 42.0 Å². The number of carbonyl (C=O) groups is 1. The first-order valence-corrected chi connectivity index (χ1v) is 9.24. The van der Waals surface area contributed by atoms with E-state index < -0.39 is 5.51 Å². The van der Waals surface area contributed by atoms with Crippen LogP contribution in [0.4, 0.5) is 13.2 Å². The molecule has 1 unspecified atom stereocenters. The van der Waals surface area contributed by atoms with Gasteiger partial charge in [-0.15, -0.1) is 0 Å². The first kappa shape index (κ1) is 20.1. The predicted octanol–water partition coefficient (Wildman–Crippen LogP) is 3.12. The molecule has 1 amide bonds. The summed E-state index contributed by atoms with van der Waals surface area (Å²) < 4.78 is 37.1. The summed E-state index contributed by atoms with van der Waals surface area (Å²) in [5, 5.41) is 2.91. The second-order valence-electron chi connectivity index (χ2n) is 6.15. The zero-order valence-corrected chi connectivity index (χ0v) is 14.8. The minimum atomic E-state index is -4.26. The van der Waals surface area contributed by atoms with E-state index in [4.69, 9.17) is 5.73 Å². The van der Waals surface area contributed by atoms with Gasteiger partial charge < -0.3 is 11.1 Å². The first-order chi connectivity index (χ1) is 11.9. The quantitative estimate of drug-likeness (QED) is 0.719. The van der Waals surface area contributed by atoms with Crippen molar-refractivity contribution in [1.29, 1.82) is 0 Å². The highest BCUT2D eigenvalue weighted by atomic mass is 32.2. The Morgan fingerprint density at radius 1 is 1.28 bits per heavy atom. The summed E-state index contributed by atoms with van der Waals surface area (Å²) in [6.07, 6.45) is 3.54. The number of nitrogens with one attached hydrogen (secondary N) is 1. The SMILES string of the molecule is NCCC(=O)NCC1CCCCN1Cc1ccc(SC(F)(F)F)cc1. The van der Waals surface area contributed by atoms with Crippen molar-refractivity contribution in [2.75, 3.05) is 19.6 Å². The molecule has 3 N–H and O–H groups in total. The van der Waals surface area contributed by atoms with Gasteiger partial charge in [0.05, 0.1) is 0 Å². The van der Waals surface area contributed by atoms with Gasteiger partial charge in [-0.25, -0.2) is 0 Å². The Labute approximate surface area is 150 Å². The van der Waals surface area contributed by atoms with Gasteiger partial charge >= 0.3 is 5.51 Å². The standard InChI is InChI=1S/C17H24F3N3OS/c18-17(19,20)25-15-6-4-13(5-7-15)12-23-10-2-1-3-14(23)11-22-16(24)8-9-21/h4-7,14H,1-3,8-12,21H2,(H,22,24).